The highest BCUT2D eigenvalue weighted by Crippen LogP contribution is 2.35. The molecule has 1 fully saturated rings. The Morgan fingerprint density at radius 2 is 2.12 bits per heavy atom. The predicted molar refractivity (Wildman–Crippen MR) is 127 cm³/mol. The van der Waals surface area contributed by atoms with Gasteiger partial charge in [0.2, 0.25) is 5.91 Å². The SMILES string of the molecule is COc1cccc(NC(=O)CSC2=NNC3C4CC(c5ccc(Cl)cc5)NN4C=CN23)c1. The Balaban J connectivity index is 1.17. The van der Waals surface area contributed by atoms with Gasteiger partial charge in [0, 0.05) is 29.2 Å². The van der Waals surface area contributed by atoms with E-state index in [2.05, 4.69) is 43.3 Å². The number of carbonyl (C=O) groups excluding carboxylic acids is 1. The summed E-state index contributed by atoms with van der Waals surface area (Å²) in [6.45, 7) is 0. The summed E-state index contributed by atoms with van der Waals surface area (Å²) in [5, 5.41) is 11.0. The molecule has 10 heteroatoms. The Morgan fingerprint density at radius 1 is 1.28 bits per heavy atom. The van der Waals surface area contributed by atoms with E-state index in [0.29, 0.717) is 11.4 Å². The third-order valence-electron chi connectivity index (χ3n) is 5.66. The van der Waals surface area contributed by atoms with Crippen LogP contribution in [-0.4, -0.2) is 46.1 Å². The van der Waals surface area contributed by atoms with Crippen molar-refractivity contribution in [1.29, 1.82) is 0 Å². The third kappa shape index (κ3) is 4.23. The van der Waals surface area contributed by atoms with E-state index in [1.165, 1.54) is 17.3 Å². The number of rotatable bonds is 5. The maximum absolute atomic E-state index is 12.4. The van der Waals surface area contributed by atoms with E-state index < -0.39 is 0 Å². The molecule has 8 nitrogen and oxygen atoms in total. The number of hydrazine groups is 1. The zero-order valence-electron chi connectivity index (χ0n) is 17.4. The third-order valence-corrected chi connectivity index (χ3v) is 6.88. The Labute approximate surface area is 195 Å². The standard InChI is InChI=1S/C22H23ClN6O2S/c1-31-17-4-2-3-16(11-17)24-20(30)13-32-22-26-25-21-19-12-18(14-5-7-15(23)8-6-14)27-29(19)10-9-28(21)22/h2-11,18-19,21,25,27H,12-13H2,1H3,(H,24,30). The van der Waals surface area contributed by atoms with Gasteiger partial charge in [-0.05, 0) is 36.2 Å². The van der Waals surface area contributed by atoms with Gasteiger partial charge in [0.1, 0.15) is 11.9 Å². The summed E-state index contributed by atoms with van der Waals surface area (Å²) in [6, 6.07) is 15.7. The highest BCUT2D eigenvalue weighted by molar-refractivity contribution is 8.14. The smallest absolute Gasteiger partial charge is 0.234 e. The van der Waals surface area contributed by atoms with Crippen molar-refractivity contribution in [3.8, 4) is 5.75 Å². The summed E-state index contributed by atoms with van der Waals surface area (Å²) in [6.07, 6.45) is 4.94. The second kappa shape index (κ2) is 8.93. The molecule has 3 aliphatic rings. The molecule has 1 amide bonds. The number of nitrogens with zero attached hydrogens (tertiary/aromatic N) is 3. The molecule has 3 atom stereocenters. The van der Waals surface area contributed by atoms with Crippen LogP contribution in [0.4, 0.5) is 5.69 Å². The molecule has 32 heavy (non-hydrogen) atoms. The van der Waals surface area contributed by atoms with Crippen LogP contribution in [-0.2, 0) is 4.79 Å². The van der Waals surface area contributed by atoms with Crippen LogP contribution in [0.1, 0.15) is 18.0 Å². The number of fused-ring (bicyclic) bond motifs is 3. The number of hydrogen-bond acceptors (Lipinski definition) is 8. The average molecular weight is 471 g/mol. The fraction of sp³-hybridized carbons (Fsp3) is 0.273. The number of hydrazone groups is 1. The van der Waals surface area contributed by atoms with Crippen molar-refractivity contribution in [3.05, 3.63) is 71.5 Å². The molecular weight excluding hydrogens is 448 g/mol. The fourth-order valence-corrected chi connectivity index (χ4v) is 4.99. The summed E-state index contributed by atoms with van der Waals surface area (Å²) in [5.41, 5.74) is 8.70. The van der Waals surface area contributed by atoms with Crippen molar-refractivity contribution in [2.24, 2.45) is 5.10 Å². The highest BCUT2D eigenvalue weighted by Gasteiger charge is 2.44. The molecule has 0 aromatic heterocycles. The Hall–Kier alpha value is -2.88. The molecule has 5 rings (SSSR count). The van der Waals surface area contributed by atoms with Crippen LogP contribution in [0.25, 0.3) is 0 Å². The number of nitrogens with one attached hydrogen (secondary N) is 3. The van der Waals surface area contributed by atoms with Crippen molar-refractivity contribution in [1.82, 2.24) is 20.8 Å². The lowest BCUT2D eigenvalue weighted by Crippen LogP contribution is -2.54. The molecule has 0 radical (unpaired) electrons. The van der Waals surface area contributed by atoms with Gasteiger partial charge < -0.3 is 20.0 Å². The molecule has 0 bridgehead atoms. The van der Waals surface area contributed by atoms with Crippen molar-refractivity contribution >= 4 is 40.1 Å². The normalized spacial score (nSPS) is 23.3. The van der Waals surface area contributed by atoms with E-state index >= 15 is 0 Å². The zero-order valence-corrected chi connectivity index (χ0v) is 18.9. The Bertz CT molecular complexity index is 1060. The number of amidine groups is 1. The molecule has 3 unspecified atom stereocenters. The minimum absolute atomic E-state index is 0.00810. The van der Waals surface area contributed by atoms with E-state index in [1.807, 2.05) is 42.7 Å². The summed E-state index contributed by atoms with van der Waals surface area (Å²) in [4.78, 5) is 14.5. The average Bonchev–Trinajstić information content (AvgIpc) is 3.42. The minimum atomic E-state index is -0.0950. The first-order chi connectivity index (χ1) is 15.6. The molecule has 0 spiro atoms. The first-order valence-corrected chi connectivity index (χ1v) is 11.6. The van der Waals surface area contributed by atoms with Gasteiger partial charge in [0.25, 0.3) is 0 Å². The maximum atomic E-state index is 12.4. The monoisotopic (exact) mass is 470 g/mol. The van der Waals surface area contributed by atoms with Crippen LogP contribution in [0.15, 0.2) is 66.0 Å². The largest absolute Gasteiger partial charge is 0.497 e. The molecule has 3 aliphatic heterocycles. The number of amides is 1. The number of ether oxygens (including phenoxy) is 1. The van der Waals surface area contributed by atoms with E-state index in [1.54, 1.807) is 13.2 Å². The van der Waals surface area contributed by atoms with Crippen molar-refractivity contribution in [2.75, 3.05) is 18.2 Å². The lowest BCUT2D eigenvalue weighted by Gasteiger charge is -2.36. The number of anilines is 1. The van der Waals surface area contributed by atoms with Crippen LogP contribution in [0.2, 0.25) is 5.02 Å². The molecule has 2 aromatic rings. The second-order valence-corrected chi connectivity index (χ2v) is 9.07. The van der Waals surface area contributed by atoms with E-state index in [9.17, 15) is 4.79 Å². The molecule has 2 aromatic carbocycles. The lowest BCUT2D eigenvalue weighted by molar-refractivity contribution is -0.113. The highest BCUT2D eigenvalue weighted by atomic mass is 35.5. The van der Waals surface area contributed by atoms with Gasteiger partial charge in [-0.2, -0.15) is 5.10 Å². The van der Waals surface area contributed by atoms with Crippen LogP contribution in [0.3, 0.4) is 0 Å². The first kappa shape index (κ1) is 21.0. The summed E-state index contributed by atoms with van der Waals surface area (Å²) < 4.78 is 5.20. The van der Waals surface area contributed by atoms with Crippen LogP contribution in [0.5, 0.6) is 5.75 Å². The van der Waals surface area contributed by atoms with Crippen molar-refractivity contribution in [2.45, 2.75) is 24.7 Å². The Kier molecular flexibility index (Phi) is 5.86. The molecule has 3 heterocycles. The fourth-order valence-electron chi connectivity index (χ4n) is 4.09. The number of carbonyl (C=O) groups is 1. The van der Waals surface area contributed by atoms with Gasteiger partial charge in [-0.1, -0.05) is 41.6 Å². The quantitative estimate of drug-likeness (QED) is 0.618. The molecular formula is C22H23ClN6O2S. The lowest BCUT2D eigenvalue weighted by atomic mass is 10.00. The number of halogens is 1. The molecule has 0 saturated carbocycles. The molecule has 1 saturated heterocycles. The maximum Gasteiger partial charge on any atom is 0.234 e. The second-order valence-electron chi connectivity index (χ2n) is 7.69. The summed E-state index contributed by atoms with van der Waals surface area (Å²) in [5.74, 6) is 0.865. The van der Waals surface area contributed by atoms with Crippen LogP contribution >= 0.6 is 23.4 Å². The number of thioether (sulfide) groups is 1. The number of methoxy groups -OCH3 is 1. The van der Waals surface area contributed by atoms with Gasteiger partial charge in [-0.25, -0.2) is 5.43 Å². The Morgan fingerprint density at radius 3 is 2.94 bits per heavy atom. The number of benzene rings is 2. The minimum Gasteiger partial charge on any atom is -0.497 e. The van der Waals surface area contributed by atoms with Gasteiger partial charge in [-0.3, -0.25) is 10.2 Å². The van der Waals surface area contributed by atoms with Crippen LogP contribution in [0, 0.1) is 0 Å². The molecule has 166 valence electrons. The summed E-state index contributed by atoms with van der Waals surface area (Å²) >= 11 is 7.44. The molecule has 3 N–H and O–H groups in total. The zero-order chi connectivity index (χ0) is 22.1. The van der Waals surface area contributed by atoms with E-state index in [-0.39, 0.29) is 29.9 Å². The van der Waals surface area contributed by atoms with Crippen LogP contribution < -0.4 is 20.9 Å². The predicted octanol–water partition coefficient (Wildman–Crippen LogP) is 3.33. The summed E-state index contributed by atoms with van der Waals surface area (Å²) in [7, 11) is 1.60. The first-order valence-electron chi connectivity index (χ1n) is 10.3. The molecule has 0 aliphatic carbocycles. The van der Waals surface area contributed by atoms with Gasteiger partial charge in [0.15, 0.2) is 5.17 Å². The van der Waals surface area contributed by atoms with Crippen molar-refractivity contribution < 1.29 is 9.53 Å². The number of hydrogen-bond donors (Lipinski definition) is 3. The van der Waals surface area contributed by atoms with Gasteiger partial charge in [-0.15, -0.1) is 0 Å². The van der Waals surface area contributed by atoms with E-state index in [4.69, 9.17) is 16.3 Å². The van der Waals surface area contributed by atoms with E-state index in [0.717, 1.165) is 16.6 Å². The van der Waals surface area contributed by atoms with Crippen molar-refractivity contribution in [3.63, 3.8) is 0 Å². The topological polar surface area (TPSA) is 81.2 Å². The van der Waals surface area contributed by atoms with Gasteiger partial charge in [0.05, 0.1) is 24.9 Å². The van der Waals surface area contributed by atoms with Gasteiger partial charge >= 0.3 is 0 Å².